The van der Waals surface area contributed by atoms with E-state index < -0.39 is 11.8 Å². The SMILES string of the molecule is O=C(O)c1ccc(Oc2c(F)cccc2Cl)cc1. The number of ether oxygens (including phenoxy) is 1. The molecule has 5 heteroatoms. The summed E-state index contributed by atoms with van der Waals surface area (Å²) in [5.74, 6) is -1.38. The molecule has 2 aromatic carbocycles. The molecule has 0 amide bonds. The third kappa shape index (κ3) is 2.60. The highest BCUT2D eigenvalue weighted by Crippen LogP contribution is 2.31. The third-order valence-corrected chi connectivity index (χ3v) is 2.54. The molecule has 2 aromatic rings. The minimum absolute atomic E-state index is 0.0813. The first-order chi connectivity index (χ1) is 8.58. The summed E-state index contributed by atoms with van der Waals surface area (Å²) in [5.41, 5.74) is 0.127. The van der Waals surface area contributed by atoms with E-state index in [4.69, 9.17) is 21.4 Å². The Hall–Kier alpha value is -2.07. The summed E-state index contributed by atoms with van der Waals surface area (Å²) in [6.07, 6.45) is 0. The molecule has 18 heavy (non-hydrogen) atoms. The molecule has 1 N–H and O–H groups in total. The van der Waals surface area contributed by atoms with Gasteiger partial charge in [0.2, 0.25) is 0 Å². The van der Waals surface area contributed by atoms with Crippen molar-refractivity contribution in [3.05, 3.63) is 58.9 Å². The van der Waals surface area contributed by atoms with Gasteiger partial charge in [0.15, 0.2) is 11.6 Å². The van der Waals surface area contributed by atoms with E-state index in [2.05, 4.69) is 0 Å². The molecule has 0 aliphatic carbocycles. The summed E-state index contributed by atoms with van der Waals surface area (Å²) in [7, 11) is 0. The molecule has 0 unspecified atom stereocenters. The van der Waals surface area contributed by atoms with Gasteiger partial charge >= 0.3 is 5.97 Å². The predicted octanol–water partition coefficient (Wildman–Crippen LogP) is 3.97. The number of aromatic carboxylic acids is 1. The van der Waals surface area contributed by atoms with Gasteiger partial charge in [-0.25, -0.2) is 9.18 Å². The maximum Gasteiger partial charge on any atom is 0.335 e. The number of halogens is 2. The lowest BCUT2D eigenvalue weighted by molar-refractivity contribution is 0.0697. The van der Waals surface area contributed by atoms with Gasteiger partial charge in [-0.05, 0) is 36.4 Å². The van der Waals surface area contributed by atoms with Crippen LogP contribution in [-0.2, 0) is 0 Å². The average molecular weight is 267 g/mol. The van der Waals surface area contributed by atoms with Crippen molar-refractivity contribution in [3.63, 3.8) is 0 Å². The van der Waals surface area contributed by atoms with Gasteiger partial charge in [-0.1, -0.05) is 17.7 Å². The standard InChI is InChI=1S/C13H8ClFO3/c14-10-2-1-3-11(15)12(10)18-9-6-4-8(5-7-9)13(16)17/h1-7H,(H,16,17). The van der Waals surface area contributed by atoms with Crippen molar-refractivity contribution in [2.45, 2.75) is 0 Å². The Morgan fingerprint density at radius 2 is 1.83 bits per heavy atom. The molecule has 0 aliphatic heterocycles. The summed E-state index contributed by atoms with van der Waals surface area (Å²) >= 11 is 5.80. The fraction of sp³-hybridized carbons (Fsp3) is 0. The number of hydrogen-bond donors (Lipinski definition) is 1. The molecule has 0 fully saturated rings. The summed E-state index contributed by atoms with van der Waals surface area (Å²) in [6, 6.07) is 9.81. The first-order valence-corrected chi connectivity index (χ1v) is 5.41. The monoisotopic (exact) mass is 266 g/mol. The Balaban J connectivity index is 2.26. The highest BCUT2D eigenvalue weighted by molar-refractivity contribution is 6.32. The molecule has 0 aliphatic rings. The van der Waals surface area contributed by atoms with Gasteiger partial charge in [0.1, 0.15) is 5.75 Å². The van der Waals surface area contributed by atoms with E-state index in [0.29, 0.717) is 5.75 Å². The Morgan fingerprint density at radius 1 is 1.17 bits per heavy atom. The van der Waals surface area contributed by atoms with Crippen LogP contribution in [0.4, 0.5) is 4.39 Å². The van der Waals surface area contributed by atoms with Crippen LogP contribution in [0.5, 0.6) is 11.5 Å². The minimum Gasteiger partial charge on any atom is -0.478 e. The van der Waals surface area contributed by atoms with E-state index in [1.54, 1.807) is 0 Å². The van der Waals surface area contributed by atoms with Crippen LogP contribution in [-0.4, -0.2) is 11.1 Å². The number of hydrogen-bond acceptors (Lipinski definition) is 2. The quantitative estimate of drug-likeness (QED) is 0.914. The van der Waals surface area contributed by atoms with Crippen molar-refractivity contribution in [3.8, 4) is 11.5 Å². The Bertz CT molecular complexity index is 561. The van der Waals surface area contributed by atoms with Gasteiger partial charge in [-0.2, -0.15) is 0 Å². The Kier molecular flexibility index (Phi) is 3.48. The lowest BCUT2D eigenvalue weighted by Crippen LogP contribution is -1.95. The number of carboxylic acids is 1. The summed E-state index contributed by atoms with van der Waals surface area (Å²) in [5, 5.41) is 8.88. The molecule has 0 saturated carbocycles. The van der Waals surface area contributed by atoms with Crippen LogP contribution in [0.3, 0.4) is 0 Å². The van der Waals surface area contributed by atoms with Crippen LogP contribution < -0.4 is 4.74 Å². The van der Waals surface area contributed by atoms with Crippen molar-refractivity contribution in [2.24, 2.45) is 0 Å². The third-order valence-electron chi connectivity index (χ3n) is 2.24. The zero-order valence-electron chi connectivity index (χ0n) is 9.06. The average Bonchev–Trinajstić information content (AvgIpc) is 2.34. The second kappa shape index (κ2) is 5.06. The second-order valence-corrected chi connectivity index (χ2v) is 3.89. The zero-order chi connectivity index (χ0) is 13.1. The Morgan fingerprint density at radius 3 is 2.39 bits per heavy atom. The van der Waals surface area contributed by atoms with Gasteiger partial charge in [0.05, 0.1) is 10.6 Å². The summed E-state index contributed by atoms with van der Waals surface area (Å²) in [6.45, 7) is 0. The van der Waals surface area contributed by atoms with E-state index >= 15 is 0 Å². The van der Waals surface area contributed by atoms with E-state index in [9.17, 15) is 9.18 Å². The van der Waals surface area contributed by atoms with Crippen LogP contribution >= 0.6 is 11.6 Å². The number of carbonyl (C=O) groups is 1. The second-order valence-electron chi connectivity index (χ2n) is 3.48. The predicted molar refractivity (Wildman–Crippen MR) is 64.9 cm³/mol. The molecule has 3 nitrogen and oxygen atoms in total. The van der Waals surface area contributed by atoms with E-state index in [1.165, 1.54) is 42.5 Å². The summed E-state index contributed by atoms with van der Waals surface area (Å²) < 4.78 is 18.7. The van der Waals surface area contributed by atoms with Crippen molar-refractivity contribution < 1.29 is 19.0 Å². The molecule has 0 saturated heterocycles. The molecular weight excluding hydrogens is 259 g/mol. The summed E-state index contributed by atoms with van der Waals surface area (Å²) in [4.78, 5) is 10.7. The van der Waals surface area contributed by atoms with Gasteiger partial charge in [-0.3, -0.25) is 0 Å². The molecule has 0 spiro atoms. The molecule has 0 aromatic heterocycles. The number of para-hydroxylation sites is 1. The molecule has 0 radical (unpaired) electrons. The van der Waals surface area contributed by atoms with Crippen molar-refractivity contribution in [1.82, 2.24) is 0 Å². The van der Waals surface area contributed by atoms with E-state index in [0.717, 1.165) is 0 Å². The van der Waals surface area contributed by atoms with Crippen molar-refractivity contribution >= 4 is 17.6 Å². The maximum atomic E-state index is 13.4. The lowest BCUT2D eigenvalue weighted by Gasteiger charge is -2.08. The van der Waals surface area contributed by atoms with Crippen LogP contribution in [0.15, 0.2) is 42.5 Å². The van der Waals surface area contributed by atoms with Gasteiger partial charge < -0.3 is 9.84 Å². The largest absolute Gasteiger partial charge is 0.478 e. The Labute approximate surface area is 107 Å². The molecule has 0 bridgehead atoms. The van der Waals surface area contributed by atoms with Gasteiger partial charge in [0, 0.05) is 0 Å². The topological polar surface area (TPSA) is 46.5 Å². The fourth-order valence-electron chi connectivity index (χ4n) is 1.36. The van der Waals surface area contributed by atoms with Gasteiger partial charge in [0.25, 0.3) is 0 Å². The van der Waals surface area contributed by atoms with Crippen molar-refractivity contribution in [1.29, 1.82) is 0 Å². The van der Waals surface area contributed by atoms with Gasteiger partial charge in [-0.15, -0.1) is 0 Å². The first kappa shape index (κ1) is 12.4. The normalized spacial score (nSPS) is 10.1. The lowest BCUT2D eigenvalue weighted by atomic mass is 10.2. The smallest absolute Gasteiger partial charge is 0.335 e. The fourth-order valence-corrected chi connectivity index (χ4v) is 1.57. The zero-order valence-corrected chi connectivity index (χ0v) is 9.82. The van der Waals surface area contributed by atoms with E-state index in [-0.39, 0.29) is 16.3 Å². The van der Waals surface area contributed by atoms with Crippen LogP contribution in [0.25, 0.3) is 0 Å². The molecule has 0 atom stereocenters. The van der Waals surface area contributed by atoms with Crippen LogP contribution in [0, 0.1) is 5.82 Å². The molecule has 0 heterocycles. The number of carboxylic acid groups (broad SMARTS) is 1. The molecule has 2 rings (SSSR count). The number of benzene rings is 2. The van der Waals surface area contributed by atoms with Crippen LogP contribution in [0.2, 0.25) is 5.02 Å². The minimum atomic E-state index is -1.04. The maximum absolute atomic E-state index is 13.4. The molecular formula is C13H8ClFO3. The number of rotatable bonds is 3. The van der Waals surface area contributed by atoms with Crippen molar-refractivity contribution in [2.75, 3.05) is 0 Å². The highest BCUT2D eigenvalue weighted by atomic mass is 35.5. The first-order valence-electron chi connectivity index (χ1n) is 5.03. The van der Waals surface area contributed by atoms with E-state index in [1.807, 2.05) is 0 Å². The molecule has 92 valence electrons. The highest BCUT2D eigenvalue weighted by Gasteiger charge is 2.10. The van der Waals surface area contributed by atoms with Crippen LogP contribution in [0.1, 0.15) is 10.4 Å².